The first-order chi connectivity index (χ1) is 5.95. The molecule has 0 bridgehead atoms. The van der Waals surface area contributed by atoms with Crippen LogP contribution in [0, 0.1) is 0 Å². The van der Waals surface area contributed by atoms with Crippen molar-refractivity contribution in [2.24, 2.45) is 10.2 Å². The topological polar surface area (TPSA) is 50.5 Å². The summed E-state index contributed by atoms with van der Waals surface area (Å²) in [5.41, 5.74) is 1.57. The molecule has 0 aliphatic heterocycles. The van der Waals surface area contributed by atoms with E-state index in [-0.39, 0.29) is 0 Å². The van der Waals surface area contributed by atoms with Crippen molar-refractivity contribution in [3.8, 4) is 0 Å². The highest BCUT2D eigenvalue weighted by Crippen LogP contribution is 2.18. The summed E-state index contributed by atoms with van der Waals surface area (Å²) in [6.45, 7) is 0. The molecule has 60 valence electrons. The van der Waals surface area contributed by atoms with E-state index in [9.17, 15) is 0 Å². The molecule has 0 fully saturated rings. The van der Waals surface area contributed by atoms with E-state index in [1.807, 2.05) is 10.8 Å². The fourth-order valence-corrected chi connectivity index (χ4v) is 1.50. The molecule has 2 rings (SSSR count). The zero-order chi connectivity index (χ0) is 8.23. The summed E-state index contributed by atoms with van der Waals surface area (Å²) in [5.74, 6) is 0. The molecule has 2 heterocycles. The fraction of sp³-hybridized carbons (Fsp3) is 0. The second-order valence-electron chi connectivity index (χ2n) is 1.97. The van der Waals surface area contributed by atoms with Gasteiger partial charge in [0.2, 0.25) is 0 Å². The summed E-state index contributed by atoms with van der Waals surface area (Å²) in [6.07, 6.45) is 3.35. The molecule has 0 saturated carbocycles. The van der Waals surface area contributed by atoms with Crippen LogP contribution in [0.3, 0.4) is 0 Å². The van der Waals surface area contributed by atoms with Crippen LogP contribution in [-0.2, 0) is 0 Å². The van der Waals surface area contributed by atoms with Crippen LogP contribution in [0.5, 0.6) is 0 Å². The molecule has 0 aromatic carbocycles. The van der Waals surface area contributed by atoms with Crippen LogP contribution < -0.4 is 0 Å². The predicted molar refractivity (Wildman–Crippen MR) is 48.4 cm³/mol. The maximum absolute atomic E-state index is 3.95. The number of rotatable bonds is 2. The van der Waals surface area contributed by atoms with Crippen molar-refractivity contribution in [3.63, 3.8) is 0 Å². The first-order valence-corrected chi connectivity index (χ1v) is 4.83. The monoisotopic (exact) mass is 196 g/mol. The normalized spacial score (nSPS) is 11.0. The highest BCUT2D eigenvalue weighted by molar-refractivity contribution is 7.04. The Morgan fingerprint density at radius 3 is 1.75 bits per heavy atom. The molecule has 0 atom stereocenters. The third-order valence-corrected chi connectivity index (χ3v) is 2.27. The molecule has 0 radical (unpaired) electrons. The van der Waals surface area contributed by atoms with Gasteiger partial charge in [-0.15, -0.1) is 10.2 Å². The fourth-order valence-electron chi connectivity index (χ4n) is 0.613. The van der Waals surface area contributed by atoms with Gasteiger partial charge in [-0.25, -0.2) is 0 Å². The van der Waals surface area contributed by atoms with Crippen LogP contribution in [0.2, 0.25) is 0 Å². The number of nitrogens with zero attached hydrogens (tertiary/aromatic N) is 4. The lowest BCUT2D eigenvalue weighted by molar-refractivity contribution is 1.23. The van der Waals surface area contributed by atoms with Gasteiger partial charge < -0.3 is 0 Å². The van der Waals surface area contributed by atoms with Crippen LogP contribution in [0.1, 0.15) is 0 Å². The van der Waals surface area contributed by atoms with E-state index in [2.05, 4.69) is 19.0 Å². The Bertz CT molecular complexity index is 315. The molecule has 12 heavy (non-hydrogen) atoms. The van der Waals surface area contributed by atoms with Crippen LogP contribution >= 0.6 is 23.1 Å². The SMILES string of the molecule is c1nscc1N=Nc1cnsc1. The number of aromatic nitrogens is 2. The lowest BCUT2D eigenvalue weighted by atomic mass is 10.6. The largest absolute Gasteiger partial charge is 0.199 e. The summed E-state index contributed by atoms with van der Waals surface area (Å²) < 4.78 is 7.79. The standard InChI is InChI=1S/C6H4N4S2/c1-5(3-11-7-1)9-10-6-2-8-12-4-6/h1-4H. The van der Waals surface area contributed by atoms with Gasteiger partial charge in [-0.2, -0.15) is 8.75 Å². The highest BCUT2D eigenvalue weighted by atomic mass is 32.1. The maximum Gasteiger partial charge on any atom is 0.116 e. The van der Waals surface area contributed by atoms with Crippen LogP contribution in [0.4, 0.5) is 11.4 Å². The van der Waals surface area contributed by atoms with Gasteiger partial charge in [-0.05, 0) is 23.1 Å². The molecular weight excluding hydrogens is 192 g/mol. The summed E-state index contributed by atoms with van der Waals surface area (Å²) in [7, 11) is 0. The molecule has 0 saturated heterocycles. The number of hydrogen-bond acceptors (Lipinski definition) is 6. The van der Waals surface area contributed by atoms with Gasteiger partial charge in [0.25, 0.3) is 0 Å². The second kappa shape index (κ2) is 3.51. The maximum atomic E-state index is 3.95. The Balaban J connectivity index is 2.14. The van der Waals surface area contributed by atoms with Crippen molar-refractivity contribution in [1.82, 2.24) is 8.75 Å². The third-order valence-electron chi connectivity index (χ3n) is 1.12. The lowest BCUT2D eigenvalue weighted by Gasteiger charge is -1.79. The van der Waals surface area contributed by atoms with E-state index in [1.165, 1.54) is 23.1 Å². The van der Waals surface area contributed by atoms with E-state index in [0.29, 0.717) is 0 Å². The Kier molecular flexibility index (Phi) is 2.19. The Morgan fingerprint density at radius 1 is 0.917 bits per heavy atom. The van der Waals surface area contributed by atoms with E-state index in [1.54, 1.807) is 12.4 Å². The molecule has 2 aromatic rings. The molecule has 0 aliphatic carbocycles. The molecule has 0 aliphatic rings. The van der Waals surface area contributed by atoms with Crippen LogP contribution in [0.15, 0.2) is 33.4 Å². The molecule has 0 amide bonds. The zero-order valence-corrected chi connectivity index (χ0v) is 7.55. The summed E-state index contributed by atoms with van der Waals surface area (Å²) in [5, 5.41) is 11.6. The Morgan fingerprint density at radius 2 is 1.42 bits per heavy atom. The van der Waals surface area contributed by atoms with E-state index >= 15 is 0 Å². The number of azo groups is 1. The van der Waals surface area contributed by atoms with Crippen molar-refractivity contribution >= 4 is 34.4 Å². The van der Waals surface area contributed by atoms with Gasteiger partial charge in [0.05, 0.1) is 12.4 Å². The first kappa shape index (κ1) is 7.51. The van der Waals surface area contributed by atoms with Gasteiger partial charge in [-0.3, -0.25) is 0 Å². The molecule has 4 nitrogen and oxygen atoms in total. The quantitative estimate of drug-likeness (QED) is 0.693. The minimum atomic E-state index is 0.784. The van der Waals surface area contributed by atoms with Crippen molar-refractivity contribution in [2.75, 3.05) is 0 Å². The zero-order valence-electron chi connectivity index (χ0n) is 5.91. The van der Waals surface area contributed by atoms with Crippen LogP contribution in [-0.4, -0.2) is 8.75 Å². The minimum absolute atomic E-state index is 0.784. The van der Waals surface area contributed by atoms with Gasteiger partial charge in [0, 0.05) is 10.8 Å². The summed E-state index contributed by atoms with van der Waals surface area (Å²) >= 11 is 2.72. The molecule has 0 unspecified atom stereocenters. The summed E-state index contributed by atoms with van der Waals surface area (Å²) in [4.78, 5) is 0. The van der Waals surface area contributed by atoms with Crippen molar-refractivity contribution < 1.29 is 0 Å². The van der Waals surface area contributed by atoms with Gasteiger partial charge in [-0.1, -0.05) is 0 Å². The van der Waals surface area contributed by atoms with E-state index in [0.717, 1.165) is 11.4 Å². The molecule has 0 N–H and O–H groups in total. The smallest absolute Gasteiger partial charge is 0.116 e. The average Bonchev–Trinajstić information content (AvgIpc) is 2.74. The molecule has 2 aromatic heterocycles. The van der Waals surface area contributed by atoms with Crippen LogP contribution in [0.25, 0.3) is 0 Å². The molecular formula is C6H4N4S2. The number of hydrogen-bond donors (Lipinski definition) is 0. The Labute approximate surface area is 76.9 Å². The molecule has 6 heteroatoms. The average molecular weight is 196 g/mol. The predicted octanol–water partition coefficient (Wildman–Crippen LogP) is 3.02. The van der Waals surface area contributed by atoms with Crippen molar-refractivity contribution in [2.45, 2.75) is 0 Å². The van der Waals surface area contributed by atoms with Gasteiger partial charge >= 0.3 is 0 Å². The second-order valence-corrected chi connectivity index (χ2v) is 3.28. The Hall–Kier alpha value is -1.14. The van der Waals surface area contributed by atoms with Crippen molar-refractivity contribution in [3.05, 3.63) is 23.2 Å². The van der Waals surface area contributed by atoms with E-state index < -0.39 is 0 Å². The first-order valence-electron chi connectivity index (χ1n) is 3.15. The van der Waals surface area contributed by atoms with Gasteiger partial charge in [0.15, 0.2) is 0 Å². The highest BCUT2D eigenvalue weighted by Gasteiger charge is 1.91. The van der Waals surface area contributed by atoms with Gasteiger partial charge in [0.1, 0.15) is 11.4 Å². The molecule has 0 spiro atoms. The lowest BCUT2D eigenvalue weighted by Crippen LogP contribution is -1.52. The summed E-state index contributed by atoms with van der Waals surface area (Å²) in [6, 6.07) is 0. The minimum Gasteiger partial charge on any atom is -0.199 e. The third kappa shape index (κ3) is 1.72. The van der Waals surface area contributed by atoms with E-state index in [4.69, 9.17) is 0 Å². The van der Waals surface area contributed by atoms with Crippen molar-refractivity contribution in [1.29, 1.82) is 0 Å².